The number of rotatable bonds is 6. The highest BCUT2D eigenvalue weighted by atomic mass is 79.9. The molecule has 0 spiro atoms. The molecule has 104 valence electrons. The molecular formula is C15H14BrNO3. The molecule has 0 radical (unpaired) electrons. The summed E-state index contributed by atoms with van der Waals surface area (Å²) in [5.41, 5.74) is 0.816. The molecule has 0 bridgehead atoms. The molecule has 20 heavy (non-hydrogen) atoms. The molecule has 0 aliphatic rings. The van der Waals surface area contributed by atoms with Crippen molar-refractivity contribution in [3.63, 3.8) is 0 Å². The summed E-state index contributed by atoms with van der Waals surface area (Å²) < 4.78 is 6.27. The van der Waals surface area contributed by atoms with Crippen molar-refractivity contribution >= 4 is 27.6 Å². The Morgan fingerprint density at radius 1 is 1.20 bits per heavy atom. The highest BCUT2D eigenvalue weighted by Crippen LogP contribution is 2.21. The van der Waals surface area contributed by atoms with E-state index in [0.717, 1.165) is 10.2 Å². The number of halogens is 1. The molecule has 0 aliphatic carbocycles. The van der Waals surface area contributed by atoms with Gasteiger partial charge in [-0.3, -0.25) is 0 Å². The number of benzene rings is 2. The normalized spacial score (nSPS) is 10.1. The average molecular weight is 336 g/mol. The van der Waals surface area contributed by atoms with E-state index in [1.54, 1.807) is 18.2 Å². The van der Waals surface area contributed by atoms with Crippen molar-refractivity contribution in [1.29, 1.82) is 0 Å². The summed E-state index contributed by atoms with van der Waals surface area (Å²) in [5, 5.41) is 12.2. The van der Waals surface area contributed by atoms with Gasteiger partial charge in [0.05, 0.1) is 5.56 Å². The summed E-state index contributed by atoms with van der Waals surface area (Å²) >= 11 is 3.26. The van der Waals surface area contributed by atoms with Gasteiger partial charge in [0.25, 0.3) is 0 Å². The Morgan fingerprint density at radius 2 is 1.95 bits per heavy atom. The number of carbonyl (C=O) groups is 1. The summed E-state index contributed by atoms with van der Waals surface area (Å²) in [7, 11) is 0. The van der Waals surface area contributed by atoms with E-state index in [0.29, 0.717) is 18.8 Å². The molecule has 2 rings (SSSR count). The Labute approximate surface area is 125 Å². The van der Waals surface area contributed by atoms with Crippen LogP contribution in [0.5, 0.6) is 5.75 Å². The van der Waals surface area contributed by atoms with Crippen LogP contribution in [0.15, 0.2) is 53.0 Å². The van der Waals surface area contributed by atoms with Crippen LogP contribution in [0, 0.1) is 0 Å². The summed E-state index contributed by atoms with van der Waals surface area (Å²) in [4.78, 5) is 11.1. The van der Waals surface area contributed by atoms with E-state index in [2.05, 4.69) is 21.2 Å². The minimum atomic E-state index is -0.960. The Bertz CT molecular complexity index is 587. The third kappa shape index (κ3) is 3.99. The van der Waals surface area contributed by atoms with E-state index in [1.165, 1.54) is 0 Å². The van der Waals surface area contributed by atoms with Gasteiger partial charge >= 0.3 is 5.97 Å². The molecule has 2 aromatic rings. The number of nitrogens with one attached hydrogen (secondary N) is 1. The zero-order valence-corrected chi connectivity index (χ0v) is 12.3. The lowest BCUT2D eigenvalue weighted by molar-refractivity contribution is 0.0698. The number of hydrogen-bond donors (Lipinski definition) is 2. The van der Waals surface area contributed by atoms with Crippen molar-refractivity contribution in [1.82, 2.24) is 0 Å². The van der Waals surface area contributed by atoms with Gasteiger partial charge in [-0.05, 0) is 30.3 Å². The van der Waals surface area contributed by atoms with Gasteiger partial charge in [0.15, 0.2) is 0 Å². The number of carboxylic acids is 1. The molecule has 5 heteroatoms. The fraction of sp³-hybridized carbons (Fsp3) is 0.133. The second-order valence-corrected chi connectivity index (χ2v) is 5.00. The smallest absolute Gasteiger partial charge is 0.337 e. The fourth-order valence-electron chi connectivity index (χ4n) is 1.72. The Morgan fingerprint density at radius 3 is 2.65 bits per heavy atom. The topological polar surface area (TPSA) is 58.6 Å². The SMILES string of the molecule is O=C(O)c1cc(Br)ccc1NCCOc1ccccc1. The van der Waals surface area contributed by atoms with Crippen LogP contribution in [0.1, 0.15) is 10.4 Å². The van der Waals surface area contributed by atoms with Crippen LogP contribution >= 0.6 is 15.9 Å². The maximum atomic E-state index is 11.1. The Hall–Kier alpha value is -2.01. The van der Waals surface area contributed by atoms with Crippen LogP contribution in [0.25, 0.3) is 0 Å². The molecule has 4 nitrogen and oxygen atoms in total. The van der Waals surface area contributed by atoms with Crippen molar-refractivity contribution in [2.45, 2.75) is 0 Å². The van der Waals surface area contributed by atoms with Gasteiger partial charge < -0.3 is 15.2 Å². The molecule has 0 unspecified atom stereocenters. The maximum absolute atomic E-state index is 11.1. The minimum Gasteiger partial charge on any atom is -0.492 e. The number of para-hydroxylation sites is 1. The molecule has 0 aliphatic heterocycles. The average Bonchev–Trinajstić information content (AvgIpc) is 2.45. The first kappa shape index (κ1) is 14.4. The van der Waals surface area contributed by atoms with E-state index in [9.17, 15) is 4.79 Å². The zero-order chi connectivity index (χ0) is 14.4. The second-order valence-electron chi connectivity index (χ2n) is 4.08. The van der Waals surface area contributed by atoms with Crippen molar-refractivity contribution in [2.24, 2.45) is 0 Å². The van der Waals surface area contributed by atoms with Gasteiger partial charge in [0.2, 0.25) is 0 Å². The Balaban J connectivity index is 1.90. The van der Waals surface area contributed by atoms with Crippen molar-refractivity contribution < 1.29 is 14.6 Å². The molecule has 0 amide bonds. The predicted octanol–water partition coefficient (Wildman–Crippen LogP) is 3.64. The first-order valence-electron chi connectivity index (χ1n) is 6.11. The number of ether oxygens (including phenoxy) is 1. The van der Waals surface area contributed by atoms with Crippen LogP contribution in [-0.2, 0) is 0 Å². The molecule has 2 aromatic carbocycles. The van der Waals surface area contributed by atoms with Crippen molar-refractivity contribution in [3.05, 3.63) is 58.6 Å². The van der Waals surface area contributed by atoms with Gasteiger partial charge in [0.1, 0.15) is 12.4 Å². The number of carboxylic acid groups (broad SMARTS) is 1. The lowest BCUT2D eigenvalue weighted by Crippen LogP contribution is -2.13. The van der Waals surface area contributed by atoms with Crippen LogP contribution < -0.4 is 10.1 Å². The Kier molecular flexibility index (Phi) is 5.01. The number of aromatic carboxylic acids is 1. The molecule has 0 aromatic heterocycles. The largest absolute Gasteiger partial charge is 0.492 e. The third-order valence-corrected chi connectivity index (χ3v) is 3.13. The van der Waals surface area contributed by atoms with Crippen molar-refractivity contribution in [3.8, 4) is 5.75 Å². The predicted molar refractivity (Wildman–Crippen MR) is 81.5 cm³/mol. The summed E-state index contributed by atoms with van der Waals surface area (Å²) in [6, 6.07) is 14.6. The van der Waals surface area contributed by atoms with Crippen LogP contribution in [-0.4, -0.2) is 24.2 Å². The van der Waals surface area contributed by atoms with E-state index in [4.69, 9.17) is 9.84 Å². The molecule has 2 N–H and O–H groups in total. The van der Waals surface area contributed by atoms with Crippen molar-refractivity contribution in [2.75, 3.05) is 18.5 Å². The third-order valence-electron chi connectivity index (χ3n) is 2.64. The first-order chi connectivity index (χ1) is 9.66. The molecule has 0 heterocycles. The van der Waals surface area contributed by atoms with Gasteiger partial charge in [-0.1, -0.05) is 34.1 Å². The summed E-state index contributed by atoms with van der Waals surface area (Å²) in [5.74, 6) is -0.165. The van der Waals surface area contributed by atoms with E-state index < -0.39 is 5.97 Å². The molecule has 0 saturated heterocycles. The molecule has 0 atom stereocenters. The minimum absolute atomic E-state index is 0.235. The maximum Gasteiger partial charge on any atom is 0.337 e. The summed E-state index contributed by atoms with van der Waals surface area (Å²) in [6.45, 7) is 0.982. The fourth-order valence-corrected chi connectivity index (χ4v) is 2.08. The van der Waals surface area contributed by atoms with E-state index in [1.807, 2.05) is 30.3 Å². The molecule has 0 fully saturated rings. The van der Waals surface area contributed by atoms with Crippen LogP contribution in [0.2, 0.25) is 0 Å². The monoisotopic (exact) mass is 335 g/mol. The second kappa shape index (κ2) is 6.96. The summed E-state index contributed by atoms with van der Waals surface area (Å²) in [6.07, 6.45) is 0. The number of hydrogen-bond acceptors (Lipinski definition) is 3. The molecule has 0 saturated carbocycles. The van der Waals surface area contributed by atoms with Crippen LogP contribution in [0.3, 0.4) is 0 Å². The first-order valence-corrected chi connectivity index (χ1v) is 6.90. The zero-order valence-electron chi connectivity index (χ0n) is 10.7. The van der Waals surface area contributed by atoms with Gasteiger partial charge in [0, 0.05) is 16.7 Å². The quantitative estimate of drug-likeness (QED) is 0.791. The van der Waals surface area contributed by atoms with E-state index >= 15 is 0 Å². The standard InChI is InChI=1S/C15H14BrNO3/c16-11-6-7-14(13(10-11)15(18)19)17-8-9-20-12-4-2-1-3-5-12/h1-7,10,17H,8-9H2,(H,18,19). The highest BCUT2D eigenvalue weighted by molar-refractivity contribution is 9.10. The van der Waals surface area contributed by atoms with Gasteiger partial charge in [-0.25, -0.2) is 4.79 Å². The molecular weight excluding hydrogens is 322 g/mol. The lowest BCUT2D eigenvalue weighted by Gasteiger charge is -2.11. The van der Waals surface area contributed by atoms with Crippen LogP contribution in [0.4, 0.5) is 5.69 Å². The highest BCUT2D eigenvalue weighted by Gasteiger charge is 2.09. The van der Waals surface area contributed by atoms with Gasteiger partial charge in [-0.2, -0.15) is 0 Å². The number of anilines is 1. The van der Waals surface area contributed by atoms with Gasteiger partial charge in [-0.15, -0.1) is 0 Å². The van der Waals surface area contributed by atoms with E-state index in [-0.39, 0.29) is 5.56 Å². The lowest BCUT2D eigenvalue weighted by atomic mass is 10.2.